The summed E-state index contributed by atoms with van der Waals surface area (Å²) in [6.45, 7) is 5.74. The second kappa shape index (κ2) is 8.83. The Morgan fingerprint density at radius 2 is 2.00 bits per heavy atom. The number of nitrogens with one attached hydrogen (secondary N) is 1. The Bertz CT molecular complexity index is 1600. The highest BCUT2D eigenvalue weighted by atomic mass is 19.1. The van der Waals surface area contributed by atoms with Gasteiger partial charge in [-0.25, -0.2) is 8.78 Å². The average molecular weight is 519 g/mol. The normalized spacial score (nSPS) is 23.2. The summed E-state index contributed by atoms with van der Waals surface area (Å²) >= 11 is 0. The summed E-state index contributed by atoms with van der Waals surface area (Å²) in [6, 6.07) is 8.95. The van der Waals surface area contributed by atoms with Crippen molar-refractivity contribution >= 4 is 11.0 Å². The first-order valence-corrected chi connectivity index (χ1v) is 13.2. The Morgan fingerprint density at radius 3 is 2.63 bits per heavy atom. The van der Waals surface area contributed by atoms with Crippen LogP contribution in [-0.4, -0.2) is 26.5 Å². The Balaban J connectivity index is 1.44. The van der Waals surface area contributed by atoms with E-state index in [1.54, 1.807) is 19.3 Å². The van der Waals surface area contributed by atoms with E-state index in [0.717, 1.165) is 24.8 Å². The van der Waals surface area contributed by atoms with Gasteiger partial charge in [0.2, 0.25) is 5.43 Å². The minimum atomic E-state index is -0.921. The zero-order valence-electron chi connectivity index (χ0n) is 22.1. The van der Waals surface area contributed by atoms with Crippen LogP contribution in [0.5, 0.6) is 0 Å². The van der Waals surface area contributed by atoms with Crippen LogP contribution in [0.15, 0.2) is 52.1 Å². The second-order valence-electron chi connectivity index (χ2n) is 11.5. The maximum absolute atomic E-state index is 15.4. The van der Waals surface area contributed by atoms with E-state index in [1.807, 2.05) is 42.8 Å². The van der Waals surface area contributed by atoms with Gasteiger partial charge < -0.3 is 14.3 Å². The van der Waals surface area contributed by atoms with Gasteiger partial charge in [0.15, 0.2) is 0 Å². The van der Waals surface area contributed by atoms with Crippen molar-refractivity contribution in [1.29, 1.82) is 0 Å². The van der Waals surface area contributed by atoms with Crippen LogP contribution in [-0.2, 0) is 12.5 Å². The van der Waals surface area contributed by atoms with Crippen LogP contribution in [0.25, 0.3) is 22.1 Å². The fourth-order valence-electron chi connectivity index (χ4n) is 6.35. The summed E-state index contributed by atoms with van der Waals surface area (Å²) in [5.41, 5.74) is 2.13. The molecule has 8 heteroatoms. The predicted octanol–water partition coefficient (Wildman–Crippen LogP) is 6.05. The molecule has 0 bridgehead atoms. The van der Waals surface area contributed by atoms with Crippen molar-refractivity contribution in [1.82, 2.24) is 20.1 Å². The highest BCUT2D eigenvalue weighted by Crippen LogP contribution is 2.50. The Hall–Kier alpha value is -3.39. The van der Waals surface area contributed by atoms with Crippen LogP contribution in [0.1, 0.15) is 74.5 Å². The highest BCUT2D eigenvalue weighted by molar-refractivity contribution is 5.85. The standard InChI is InChI=1S/C30H32F2N4O2/c1-17-25(32)22(18(2)34-29(3)9-6-10-29)12-23-26(37)24(15-38-27(17)23)19-7-5-8-20(11-19)30(13-21(31)14-30)28-35-33-16-36(28)4/h5,7-8,11-12,15-16,18,21,34H,6,9-10,13-14H2,1-4H3/t18?,21-,30-. The van der Waals surface area contributed by atoms with Gasteiger partial charge in [-0.2, -0.15) is 0 Å². The summed E-state index contributed by atoms with van der Waals surface area (Å²) < 4.78 is 37.4. The number of alkyl halides is 1. The van der Waals surface area contributed by atoms with Crippen LogP contribution < -0.4 is 10.7 Å². The van der Waals surface area contributed by atoms with Crippen LogP contribution in [0, 0.1) is 12.7 Å². The zero-order valence-corrected chi connectivity index (χ0v) is 22.1. The maximum Gasteiger partial charge on any atom is 0.200 e. The molecule has 1 N–H and O–H groups in total. The summed E-state index contributed by atoms with van der Waals surface area (Å²) in [5, 5.41) is 12.2. The molecule has 0 radical (unpaired) electrons. The van der Waals surface area contributed by atoms with Crippen molar-refractivity contribution in [3.05, 3.63) is 81.5 Å². The molecule has 198 valence electrons. The molecule has 2 heterocycles. The minimum Gasteiger partial charge on any atom is -0.463 e. The van der Waals surface area contributed by atoms with Crippen LogP contribution in [0.3, 0.4) is 0 Å². The van der Waals surface area contributed by atoms with E-state index in [9.17, 15) is 9.18 Å². The van der Waals surface area contributed by atoms with Crippen LogP contribution >= 0.6 is 0 Å². The molecule has 6 rings (SSSR count). The molecule has 2 aromatic heterocycles. The molecule has 2 aromatic carbocycles. The number of rotatable bonds is 6. The molecular weight excluding hydrogens is 486 g/mol. The SMILES string of the molecule is Cc1c(F)c(C(C)NC2(C)CCC2)cc2c(=O)c(-c3cccc([C@]4(c5nncn5C)C[C@H](F)C4)c3)coc12. The highest BCUT2D eigenvalue weighted by Gasteiger charge is 2.50. The van der Waals surface area contributed by atoms with Crippen molar-refractivity contribution in [3.63, 3.8) is 0 Å². The van der Waals surface area contributed by atoms with Crippen molar-refractivity contribution in [3.8, 4) is 11.1 Å². The monoisotopic (exact) mass is 518 g/mol. The molecule has 2 fully saturated rings. The lowest BCUT2D eigenvalue weighted by Gasteiger charge is -2.43. The largest absolute Gasteiger partial charge is 0.463 e. The Labute approximate surface area is 220 Å². The van der Waals surface area contributed by atoms with Gasteiger partial charge in [-0.1, -0.05) is 18.2 Å². The topological polar surface area (TPSA) is 73.0 Å². The van der Waals surface area contributed by atoms with Crippen molar-refractivity contribution in [2.45, 2.75) is 76.0 Å². The second-order valence-corrected chi connectivity index (χ2v) is 11.5. The number of fused-ring (bicyclic) bond motifs is 1. The number of aromatic nitrogens is 3. The molecule has 2 aliphatic carbocycles. The van der Waals surface area contributed by atoms with E-state index in [2.05, 4.69) is 22.4 Å². The molecule has 6 nitrogen and oxygen atoms in total. The lowest BCUT2D eigenvalue weighted by molar-refractivity contribution is 0.114. The van der Waals surface area contributed by atoms with Gasteiger partial charge in [0.1, 0.15) is 36.0 Å². The van der Waals surface area contributed by atoms with Gasteiger partial charge in [-0.15, -0.1) is 10.2 Å². The number of aryl methyl sites for hydroxylation is 2. The summed E-state index contributed by atoms with van der Waals surface area (Å²) in [5.74, 6) is 0.348. The lowest BCUT2D eigenvalue weighted by Crippen LogP contribution is -2.49. The minimum absolute atomic E-state index is 0.0134. The number of hydrogen-bond acceptors (Lipinski definition) is 5. The number of nitrogens with zero attached hydrogens (tertiary/aromatic N) is 3. The molecule has 4 aromatic rings. The summed E-state index contributed by atoms with van der Waals surface area (Å²) in [6.07, 6.45) is 5.97. The van der Waals surface area contributed by atoms with Crippen molar-refractivity contribution in [2.75, 3.05) is 0 Å². The first kappa shape index (κ1) is 24.9. The lowest BCUT2D eigenvalue weighted by atomic mass is 9.62. The fraction of sp³-hybridized carbons (Fsp3) is 0.433. The number of halogens is 2. The molecule has 1 atom stereocenters. The van der Waals surface area contributed by atoms with Crippen LogP contribution in [0.4, 0.5) is 8.78 Å². The Morgan fingerprint density at radius 1 is 1.24 bits per heavy atom. The third-order valence-electron chi connectivity index (χ3n) is 8.75. The predicted molar refractivity (Wildman–Crippen MR) is 142 cm³/mol. The van der Waals surface area contributed by atoms with E-state index < -0.39 is 11.6 Å². The van der Waals surface area contributed by atoms with Gasteiger partial charge in [0.25, 0.3) is 0 Å². The molecule has 0 amide bonds. The van der Waals surface area contributed by atoms with Crippen molar-refractivity contribution in [2.24, 2.45) is 7.05 Å². The van der Waals surface area contributed by atoms with Gasteiger partial charge in [0.05, 0.1) is 16.4 Å². The first-order valence-electron chi connectivity index (χ1n) is 13.2. The quantitative estimate of drug-likeness (QED) is 0.337. The zero-order chi connectivity index (χ0) is 26.8. The van der Waals surface area contributed by atoms with Gasteiger partial charge >= 0.3 is 0 Å². The smallest absolute Gasteiger partial charge is 0.200 e. The first-order chi connectivity index (χ1) is 18.1. The molecule has 1 unspecified atom stereocenters. The number of benzene rings is 2. The number of hydrogen-bond donors (Lipinski definition) is 1. The molecule has 0 aliphatic heterocycles. The third-order valence-corrected chi connectivity index (χ3v) is 8.75. The molecule has 2 saturated carbocycles. The Kier molecular flexibility index (Phi) is 5.79. The van der Waals surface area contributed by atoms with Gasteiger partial charge in [0, 0.05) is 29.8 Å². The average Bonchev–Trinajstić information content (AvgIpc) is 3.29. The van der Waals surface area contributed by atoms with Crippen LogP contribution in [0.2, 0.25) is 0 Å². The van der Waals surface area contributed by atoms with Gasteiger partial charge in [-0.05, 0) is 76.1 Å². The molecule has 0 saturated heterocycles. The van der Waals surface area contributed by atoms with E-state index >= 15 is 4.39 Å². The van der Waals surface area contributed by atoms with E-state index in [1.165, 1.54) is 6.26 Å². The third kappa shape index (κ3) is 3.80. The molecule has 2 aliphatic rings. The molecule has 0 spiro atoms. The fourth-order valence-corrected chi connectivity index (χ4v) is 6.35. The molecular formula is C30H32F2N4O2. The van der Waals surface area contributed by atoms with E-state index in [-0.39, 0.29) is 28.4 Å². The van der Waals surface area contributed by atoms with E-state index in [4.69, 9.17) is 4.42 Å². The molecule has 38 heavy (non-hydrogen) atoms. The van der Waals surface area contributed by atoms with E-state index in [0.29, 0.717) is 46.3 Å². The van der Waals surface area contributed by atoms with Gasteiger partial charge in [-0.3, -0.25) is 4.79 Å². The summed E-state index contributed by atoms with van der Waals surface area (Å²) in [7, 11) is 1.85. The maximum atomic E-state index is 15.4. The van der Waals surface area contributed by atoms with Crippen molar-refractivity contribution < 1.29 is 13.2 Å². The summed E-state index contributed by atoms with van der Waals surface area (Å²) in [4.78, 5) is 13.8.